The number of aromatic amines is 1. The lowest BCUT2D eigenvalue weighted by molar-refractivity contribution is 0.101. The van der Waals surface area contributed by atoms with E-state index in [0.29, 0.717) is 33.9 Å². The van der Waals surface area contributed by atoms with Gasteiger partial charge in [-0.2, -0.15) is 5.26 Å². The number of fused-ring (bicyclic) bond motifs is 1. The van der Waals surface area contributed by atoms with Crippen molar-refractivity contribution in [1.82, 2.24) is 9.97 Å². The first kappa shape index (κ1) is 19.3. The number of carbonyl (C=O) groups is 1. The fourth-order valence-electron chi connectivity index (χ4n) is 3.00. The number of nitriles is 1. The Balaban J connectivity index is 2.15. The first-order valence-electron chi connectivity index (χ1n) is 8.67. The van der Waals surface area contributed by atoms with Gasteiger partial charge in [0.15, 0.2) is 5.78 Å². The van der Waals surface area contributed by atoms with Gasteiger partial charge in [-0.1, -0.05) is 24.6 Å². The molecule has 0 fully saturated rings. The Hall–Kier alpha value is -3.43. The summed E-state index contributed by atoms with van der Waals surface area (Å²) in [5, 5.41) is 20.7. The van der Waals surface area contributed by atoms with Crippen molar-refractivity contribution in [2.24, 2.45) is 0 Å². The molecule has 0 radical (unpaired) electrons. The number of rotatable bonds is 6. The van der Waals surface area contributed by atoms with Crippen molar-refractivity contribution in [3.63, 3.8) is 0 Å². The molecule has 0 saturated carbocycles. The number of pyridine rings is 1. The summed E-state index contributed by atoms with van der Waals surface area (Å²) in [6.45, 7) is 3.49. The third-order valence-corrected chi connectivity index (χ3v) is 4.43. The van der Waals surface area contributed by atoms with Gasteiger partial charge in [-0.15, -0.1) is 0 Å². The van der Waals surface area contributed by atoms with Gasteiger partial charge in [-0.05, 0) is 43.2 Å². The van der Waals surface area contributed by atoms with E-state index in [9.17, 15) is 10.1 Å². The normalized spacial score (nSPS) is 11.3. The topological polar surface area (TPSA) is 105 Å². The second-order valence-electron chi connectivity index (χ2n) is 6.23. The SMILES string of the molecule is CCc1cccnc1N/C(=C\C(=N)Cl)c1cc2cc(C#N)cc(C(C)=O)c2[nH]1. The Bertz CT molecular complexity index is 1150. The summed E-state index contributed by atoms with van der Waals surface area (Å²) in [5.74, 6) is 0.523. The molecule has 0 spiro atoms. The van der Waals surface area contributed by atoms with Gasteiger partial charge in [-0.3, -0.25) is 10.2 Å². The number of benzene rings is 1. The maximum Gasteiger partial charge on any atom is 0.161 e. The molecule has 3 rings (SSSR count). The van der Waals surface area contributed by atoms with Crippen LogP contribution in [0.2, 0.25) is 0 Å². The fourth-order valence-corrected chi connectivity index (χ4v) is 3.11. The minimum absolute atomic E-state index is 0.142. The minimum Gasteiger partial charge on any atom is -0.353 e. The molecule has 2 aromatic heterocycles. The number of Topliss-reactive ketones (excluding diaryl/α,β-unsaturated/α-hetero) is 1. The molecule has 1 aromatic carbocycles. The molecule has 0 aliphatic rings. The van der Waals surface area contributed by atoms with E-state index < -0.39 is 0 Å². The molecule has 0 bridgehead atoms. The predicted octanol–water partition coefficient (Wildman–Crippen LogP) is 4.87. The molecule has 0 atom stereocenters. The number of carbonyl (C=O) groups excluding carboxylic acids is 1. The summed E-state index contributed by atoms with van der Waals surface area (Å²) in [6.07, 6.45) is 3.94. The van der Waals surface area contributed by atoms with Crippen LogP contribution in [0.15, 0.2) is 42.6 Å². The van der Waals surface area contributed by atoms with Gasteiger partial charge in [0.1, 0.15) is 11.0 Å². The van der Waals surface area contributed by atoms with Crippen LogP contribution in [0.1, 0.15) is 41.0 Å². The highest BCUT2D eigenvalue weighted by Gasteiger charge is 2.15. The van der Waals surface area contributed by atoms with Crippen LogP contribution in [-0.2, 0) is 6.42 Å². The molecular weight excluding hydrogens is 374 g/mol. The third-order valence-electron chi connectivity index (χ3n) is 4.32. The van der Waals surface area contributed by atoms with Crippen LogP contribution < -0.4 is 5.32 Å². The Labute approximate surface area is 167 Å². The third kappa shape index (κ3) is 3.95. The van der Waals surface area contributed by atoms with E-state index in [1.165, 1.54) is 13.0 Å². The summed E-state index contributed by atoms with van der Waals surface area (Å²) in [7, 11) is 0. The second-order valence-corrected chi connectivity index (χ2v) is 6.64. The standard InChI is InChI=1S/C21H18ClN5O/c1-3-14-5-4-6-25-21(14)27-18(10-19(22)24)17-9-15-7-13(11-23)8-16(12(2)28)20(15)26-17/h4-10,24,26H,3H2,1-2H3,(H,25,27)/b18-10-,24-19?. The van der Waals surface area contributed by atoms with Gasteiger partial charge in [0.2, 0.25) is 0 Å². The molecule has 0 amide bonds. The molecule has 7 heteroatoms. The summed E-state index contributed by atoms with van der Waals surface area (Å²) >= 11 is 5.83. The Morgan fingerprint density at radius 3 is 2.86 bits per heavy atom. The Morgan fingerprint density at radius 1 is 1.43 bits per heavy atom. The lowest BCUT2D eigenvalue weighted by Crippen LogP contribution is -2.05. The molecule has 0 saturated heterocycles. The molecule has 3 N–H and O–H groups in total. The Morgan fingerprint density at radius 2 is 2.21 bits per heavy atom. The van der Waals surface area contributed by atoms with Gasteiger partial charge < -0.3 is 10.3 Å². The van der Waals surface area contributed by atoms with Gasteiger partial charge in [0.25, 0.3) is 0 Å². The average Bonchev–Trinajstić information content (AvgIpc) is 3.10. The number of nitrogens with one attached hydrogen (secondary N) is 3. The smallest absolute Gasteiger partial charge is 0.161 e. The number of hydrogen-bond donors (Lipinski definition) is 3. The molecule has 140 valence electrons. The fraction of sp³-hybridized carbons (Fsp3) is 0.143. The van der Waals surface area contributed by atoms with Crippen LogP contribution >= 0.6 is 11.6 Å². The number of H-pyrrole nitrogens is 1. The van der Waals surface area contributed by atoms with Crippen molar-refractivity contribution >= 4 is 45.0 Å². The van der Waals surface area contributed by atoms with Crippen LogP contribution in [0.25, 0.3) is 16.6 Å². The number of aryl methyl sites for hydroxylation is 1. The van der Waals surface area contributed by atoms with Crippen molar-refractivity contribution in [1.29, 1.82) is 10.7 Å². The monoisotopic (exact) mass is 391 g/mol. The second kappa shape index (κ2) is 8.07. The maximum absolute atomic E-state index is 12.0. The summed E-state index contributed by atoms with van der Waals surface area (Å²) in [4.78, 5) is 19.6. The zero-order valence-electron chi connectivity index (χ0n) is 15.4. The van der Waals surface area contributed by atoms with E-state index in [1.807, 2.05) is 25.1 Å². The summed E-state index contributed by atoms with van der Waals surface area (Å²) in [6, 6.07) is 11.0. The van der Waals surface area contributed by atoms with Crippen LogP contribution in [0.5, 0.6) is 0 Å². The minimum atomic E-state index is -0.153. The molecule has 3 aromatic rings. The highest BCUT2D eigenvalue weighted by molar-refractivity contribution is 6.68. The van der Waals surface area contributed by atoms with Gasteiger partial charge in [-0.25, -0.2) is 4.98 Å². The molecule has 0 aliphatic carbocycles. The highest BCUT2D eigenvalue weighted by atomic mass is 35.5. The number of ketones is 1. The molecule has 28 heavy (non-hydrogen) atoms. The van der Waals surface area contributed by atoms with Gasteiger partial charge >= 0.3 is 0 Å². The number of aromatic nitrogens is 2. The van der Waals surface area contributed by atoms with Crippen molar-refractivity contribution in [2.75, 3.05) is 5.32 Å². The molecule has 2 heterocycles. The van der Waals surface area contributed by atoms with Crippen molar-refractivity contribution in [3.8, 4) is 6.07 Å². The lowest BCUT2D eigenvalue weighted by atomic mass is 10.0. The maximum atomic E-state index is 12.0. The first-order valence-corrected chi connectivity index (χ1v) is 9.05. The average molecular weight is 392 g/mol. The van der Waals surface area contributed by atoms with Gasteiger partial charge in [0.05, 0.1) is 28.5 Å². The van der Waals surface area contributed by atoms with Crippen molar-refractivity contribution in [2.45, 2.75) is 20.3 Å². The number of nitrogens with zero attached hydrogens (tertiary/aromatic N) is 2. The summed E-state index contributed by atoms with van der Waals surface area (Å²) in [5.41, 5.74) is 3.66. The van der Waals surface area contributed by atoms with Crippen LogP contribution in [0.3, 0.4) is 0 Å². The van der Waals surface area contributed by atoms with E-state index in [0.717, 1.165) is 17.4 Å². The van der Waals surface area contributed by atoms with Crippen LogP contribution in [0, 0.1) is 16.7 Å². The summed E-state index contributed by atoms with van der Waals surface area (Å²) < 4.78 is 0. The number of anilines is 1. The van der Waals surface area contributed by atoms with E-state index in [4.69, 9.17) is 17.0 Å². The number of halogens is 1. The largest absolute Gasteiger partial charge is 0.353 e. The zero-order chi connectivity index (χ0) is 20.3. The van der Waals surface area contributed by atoms with E-state index in [2.05, 4.69) is 21.4 Å². The molecular formula is C21H18ClN5O. The number of allylic oxidation sites excluding steroid dienone is 1. The Kier molecular flexibility index (Phi) is 5.57. The number of hydrogen-bond acceptors (Lipinski definition) is 5. The van der Waals surface area contributed by atoms with Crippen LogP contribution in [-0.4, -0.2) is 20.9 Å². The predicted molar refractivity (Wildman–Crippen MR) is 112 cm³/mol. The van der Waals surface area contributed by atoms with Crippen LogP contribution in [0.4, 0.5) is 5.82 Å². The van der Waals surface area contributed by atoms with E-state index >= 15 is 0 Å². The van der Waals surface area contributed by atoms with Crippen molar-refractivity contribution in [3.05, 3.63) is 65.0 Å². The van der Waals surface area contributed by atoms with E-state index in [-0.39, 0.29) is 11.0 Å². The van der Waals surface area contributed by atoms with Crippen molar-refractivity contribution < 1.29 is 4.79 Å². The lowest BCUT2D eigenvalue weighted by Gasteiger charge is -2.12. The zero-order valence-corrected chi connectivity index (χ0v) is 16.2. The molecule has 6 nitrogen and oxygen atoms in total. The highest BCUT2D eigenvalue weighted by Crippen LogP contribution is 2.27. The molecule has 0 unspecified atom stereocenters. The van der Waals surface area contributed by atoms with Gasteiger partial charge in [0, 0.05) is 23.2 Å². The van der Waals surface area contributed by atoms with E-state index in [1.54, 1.807) is 18.3 Å². The quantitative estimate of drug-likeness (QED) is 0.411. The molecule has 0 aliphatic heterocycles. The first-order chi connectivity index (χ1) is 13.4.